The monoisotopic (exact) mass is 287 g/mol. The van der Waals surface area contributed by atoms with Gasteiger partial charge >= 0.3 is 0 Å². The van der Waals surface area contributed by atoms with Gasteiger partial charge in [-0.3, -0.25) is 9.78 Å². The molecule has 110 valence electrons. The Bertz CT molecular complexity index is 630. The first kappa shape index (κ1) is 15.1. The number of benzene rings is 1. The number of amides is 1. The lowest BCUT2D eigenvalue weighted by atomic mass is 10.1. The molecular weight excluding hydrogens is 269 g/mol. The summed E-state index contributed by atoms with van der Waals surface area (Å²) in [6.45, 7) is 2.59. The molecule has 2 rings (SSSR count). The molecule has 0 aliphatic heterocycles. The van der Waals surface area contributed by atoms with Crippen LogP contribution in [-0.4, -0.2) is 24.0 Å². The van der Waals surface area contributed by atoms with Crippen molar-refractivity contribution in [2.45, 2.75) is 13.3 Å². The Morgan fingerprint density at radius 1 is 1.29 bits per heavy atom. The molecule has 0 radical (unpaired) electrons. The molecule has 0 fully saturated rings. The lowest BCUT2D eigenvalue weighted by Gasteiger charge is -2.23. The second-order valence-electron chi connectivity index (χ2n) is 4.72. The third-order valence-electron chi connectivity index (χ3n) is 3.19. The quantitative estimate of drug-likeness (QED) is 0.919. The van der Waals surface area contributed by atoms with Gasteiger partial charge in [0.25, 0.3) is 5.91 Å². The van der Waals surface area contributed by atoms with E-state index < -0.39 is 5.82 Å². The Kier molecular flexibility index (Phi) is 5.00. The molecule has 21 heavy (non-hydrogen) atoms. The van der Waals surface area contributed by atoms with Crippen molar-refractivity contribution in [3.05, 3.63) is 59.7 Å². The average Bonchev–Trinajstić information content (AvgIpc) is 2.49. The summed E-state index contributed by atoms with van der Waals surface area (Å²) in [5.41, 5.74) is 6.86. The number of nitrogens with two attached hydrogens (primary N) is 1. The maximum atomic E-state index is 14.0. The molecule has 0 atom stereocenters. The van der Waals surface area contributed by atoms with Gasteiger partial charge in [0.2, 0.25) is 0 Å². The van der Waals surface area contributed by atoms with Crippen molar-refractivity contribution in [2.24, 2.45) is 5.73 Å². The molecule has 0 aliphatic rings. The van der Waals surface area contributed by atoms with Gasteiger partial charge in [-0.05, 0) is 43.7 Å². The summed E-state index contributed by atoms with van der Waals surface area (Å²) < 4.78 is 14.0. The summed E-state index contributed by atoms with van der Waals surface area (Å²) in [4.78, 5) is 18.2. The molecule has 1 aromatic heterocycles. The van der Waals surface area contributed by atoms with Crippen LogP contribution < -0.4 is 10.6 Å². The van der Waals surface area contributed by atoms with E-state index in [1.165, 1.54) is 11.0 Å². The number of aryl methyl sites for hydroxylation is 1. The number of aromatic nitrogens is 1. The molecule has 2 aromatic rings. The summed E-state index contributed by atoms with van der Waals surface area (Å²) >= 11 is 0. The fraction of sp³-hybridized carbons (Fsp3) is 0.250. The first-order valence-electron chi connectivity index (χ1n) is 6.83. The lowest BCUT2D eigenvalue weighted by Crippen LogP contribution is -2.34. The first-order chi connectivity index (χ1) is 10.1. The second kappa shape index (κ2) is 6.95. The number of carbonyl (C=O) groups excluding carboxylic acids is 1. The number of nitrogens with zero attached hydrogens (tertiary/aromatic N) is 2. The number of para-hydroxylation sites is 1. The van der Waals surface area contributed by atoms with Crippen molar-refractivity contribution in [3.63, 3.8) is 0 Å². The highest BCUT2D eigenvalue weighted by molar-refractivity contribution is 6.05. The normalized spacial score (nSPS) is 10.4. The third-order valence-corrected chi connectivity index (χ3v) is 3.19. The zero-order chi connectivity index (χ0) is 15.2. The van der Waals surface area contributed by atoms with Crippen molar-refractivity contribution in [1.29, 1.82) is 0 Å². The molecule has 4 nitrogen and oxygen atoms in total. The van der Waals surface area contributed by atoms with Crippen LogP contribution in [0, 0.1) is 12.7 Å². The van der Waals surface area contributed by atoms with Gasteiger partial charge in [0.1, 0.15) is 11.5 Å². The van der Waals surface area contributed by atoms with Crippen molar-refractivity contribution in [3.8, 4) is 0 Å². The summed E-state index contributed by atoms with van der Waals surface area (Å²) in [6, 6.07) is 9.79. The molecule has 0 unspecified atom stereocenters. The predicted octanol–water partition coefficient (Wildman–Crippen LogP) is 2.52. The average molecular weight is 287 g/mol. The highest BCUT2D eigenvalue weighted by Crippen LogP contribution is 2.21. The zero-order valence-electron chi connectivity index (χ0n) is 11.9. The number of rotatable bonds is 5. The van der Waals surface area contributed by atoms with Crippen LogP contribution in [-0.2, 0) is 0 Å². The van der Waals surface area contributed by atoms with E-state index in [2.05, 4.69) is 4.98 Å². The maximum absolute atomic E-state index is 14.0. The molecule has 0 aliphatic carbocycles. The van der Waals surface area contributed by atoms with E-state index in [-0.39, 0.29) is 11.6 Å². The summed E-state index contributed by atoms with van der Waals surface area (Å²) in [7, 11) is 0. The van der Waals surface area contributed by atoms with Gasteiger partial charge < -0.3 is 10.6 Å². The Labute approximate surface area is 123 Å². The van der Waals surface area contributed by atoms with Gasteiger partial charge in [0, 0.05) is 12.7 Å². The Balaban J connectivity index is 2.39. The third kappa shape index (κ3) is 3.44. The maximum Gasteiger partial charge on any atom is 0.277 e. The number of anilines is 1. The molecule has 1 heterocycles. The van der Waals surface area contributed by atoms with Gasteiger partial charge in [-0.2, -0.15) is 0 Å². The Morgan fingerprint density at radius 3 is 2.71 bits per heavy atom. The van der Waals surface area contributed by atoms with E-state index >= 15 is 0 Å². The van der Waals surface area contributed by atoms with Crippen LogP contribution in [0.1, 0.15) is 22.5 Å². The Hall–Kier alpha value is -2.27. The minimum atomic E-state index is -0.434. The van der Waals surface area contributed by atoms with Gasteiger partial charge in [-0.25, -0.2) is 4.39 Å². The number of halogens is 1. The van der Waals surface area contributed by atoms with E-state index in [9.17, 15) is 9.18 Å². The largest absolute Gasteiger partial charge is 0.330 e. The van der Waals surface area contributed by atoms with E-state index in [1.807, 2.05) is 13.0 Å². The minimum Gasteiger partial charge on any atom is -0.330 e. The topological polar surface area (TPSA) is 59.2 Å². The molecule has 1 aromatic carbocycles. The Morgan fingerprint density at radius 2 is 2.05 bits per heavy atom. The van der Waals surface area contributed by atoms with Crippen molar-refractivity contribution < 1.29 is 9.18 Å². The predicted molar refractivity (Wildman–Crippen MR) is 80.7 cm³/mol. The fourth-order valence-electron chi connectivity index (χ4n) is 2.09. The molecule has 2 N–H and O–H groups in total. The summed E-state index contributed by atoms with van der Waals surface area (Å²) in [5.74, 6) is -0.747. The molecular formula is C16H18FN3O. The van der Waals surface area contributed by atoms with Crippen LogP contribution in [0.3, 0.4) is 0 Å². The van der Waals surface area contributed by atoms with Crippen LogP contribution in [0.15, 0.2) is 42.6 Å². The number of hydrogen-bond acceptors (Lipinski definition) is 3. The molecule has 1 amide bonds. The number of pyridine rings is 1. The van der Waals surface area contributed by atoms with E-state index in [0.717, 1.165) is 5.56 Å². The van der Waals surface area contributed by atoms with Crippen LogP contribution in [0.5, 0.6) is 0 Å². The lowest BCUT2D eigenvalue weighted by molar-refractivity contribution is 0.0980. The van der Waals surface area contributed by atoms with Crippen LogP contribution in [0.2, 0.25) is 0 Å². The number of hydrogen-bond donors (Lipinski definition) is 1. The van der Waals surface area contributed by atoms with Crippen LogP contribution in [0.4, 0.5) is 10.1 Å². The standard InChI is InChI=1S/C16H18FN3O/c1-12-6-4-10-19-15(12)16(21)20(11-5-9-18)14-8-3-2-7-13(14)17/h2-4,6-8,10H,5,9,11,18H2,1H3. The van der Waals surface area contributed by atoms with Gasteiger partial charge in [0.15, 0.2) is 0 Å². The SMILES string of the molecule is Cc1cccnc1C(=O)N(CCCN)c1ccccc1F. The summed E-state index contributed by atoms with van der Waals surface area (Å²) in [5, 5.41) is 0. The van der Waals surface area contributed by atoms with E-state index in [0.29, 0.717) is 25.2 Å². The van der Waals surface area contributed by atoms with Crippen molar-refractivity contribution in [1.82, 2.24) is 4.98 Å². The minimum absolute atomic E-state index is 0.251. The second-order valence-corrected chi connectivity index (χ2v) is 4.72. The molecule has 5 heteroatoms. The first-order valence-corrected chi connectivity index (χ1v) is 6.83. The van der Waals surface area contributed by atoms with Crippen molar-refractivity contribution >= 4 is 11.6 Å². The van der Waals surface area contributed by atoms with Crippen LogP contribution >= 0.6 is 0 Å². The van der Waals surface area contributed by atoms with Gasteiger partial charge in [-0.15, -0.1) is 0 Å². The van der Waals surface area contributed by atoms with Gasteiger partial charge in [0.05, 0.1) is 5.69 Å². The molecule has 0 saturated heterocycles. The molecule has 0 spiro atoms. The number of carbonyl (C=O) groups is 1. The molecule has 0 saturated carbocycles. The van der Waals surface area contributed by atoms with Crippen molar-refractivity contribution in [2.75, 3.05) is 18.0 Å². The zero-order valence-corrected chi connectivity index (χ0v) is 11.9. The smallest absolute Gasteiger partial charge is 0.277 e. The molecule has 0 bridgehead atoms. The highest BCUT2D eigenvalue weighted by Gasteiger charge is 2.22. The van der Waals surface area contributed by atoms with Crippen LogP contribution in [0.25, 0.3) is 0 Å². The van der Waals surface area contributed by atoms with E-state index in [4.69, 9.17) is 5.73 Å². The highest BCUT2D eigenvalue weighted by atomic mass is 19.1. The fourth-order valence-corrected chi connectivity index (χ4v) is 2.09. The summed E-state index contributed by atoms with van der Waals surface area (Å²) in [6.07, 6.45) is 2.15. The van der Waals surface area contributed by atoms with Gasteiger partial charge in [-0.1, -0.05) is 18.2 Å². The van der Waals surface area contributed by atoms with E-state index in [1.54, 1.807) is 30.5 Å².